The zero-order valence-corrected chi connectivity index (χ0v) is 19.0. The largest absolute Gasteiger partial charge is 0.355 e. The van der Waals surface area contributed by atoms with Crippen LogP contribution in [-0.4, -0.2) is 12.4 Å². The molecule has 5 rings (SSSR count). The molecule has 0 radical (unpaired) electrons. The molecule has 0 bridgehead atoms. The summed E-state index contributed by atoms with van der Waals surface area (Å²) in [4.78, 5) is 0. The Hall–Kier alpha value is -3.38. The van der Waals surface area contributed by atoms with Crippen molar-refractivity contribution < 1.29 is 4.52 Å². The molecule has 1 heterocycles. The Labute approximate surface area is 190 Å². The Bertz CT molecular complexity index is 1320. The first-order valence-corrected chi connectivity index (χ1v) is 12.5. The summed E-state index contributed by atoms with van der Waals surface area (Å²) in [5, 5.41) is 3.71. The van der Waals surface area contributed by atoms with Gasteiger partial charge >= 0.3 is 0 Å². The van der Waals surface area contributed by atoms with Gasteiger partial charge in [-0.05, 0) is 34.4 Å². The fraction of sp³-hybridized carbons (Fsp3) is 0.0333. The number of hydrogen-bond donors (Lipinski definition) is 0. The minimum atomic E-state index is -2.34. The van der Waals surface area contributed by atoms with E-state index in [4.69, 9.17) is 4.52 Å². The van der Waals surface area contributed by atoms with Crippen LogP contribution in [0.3, 0.4) is 0 Å². The molecule has 2 heteroatoms. The van der Waals surface area contributed by atoms with Crippen molar-refractivity contribution in [3.8, 4) is 0 Å². The van der Waals surface area contributed by atoms with Crippen LogP contribution < -0.4 is 5.30 Å². The van der Waals surface area contributed by atoms with Gasteiger partial charge in [-0.2, -0.15) is 0 Å². The molecule has 0 saturated carbocycles. The summed E-state index contributed by atoms with van der Waals surface area (Å²) in [7, 11) is -0.481. The molecule has 1 aliphatic heterocycles. The second-order valence-electron chi connectivity index (χ2n) is 7.74. The first-order chi connectivity index (χ1) is 15.8. The van der Waals surface area contributed by atoms with Gasteiger partial charge in [0.05, 0.1) is 7.11 Å². The molecule has 1 aliphatic rings. The zero-order chi connectivity index (χ0) is 21.8. The van der Waals surface area contributed by atoms with Crippen molar-refractivity contribution in [2.45, 2.75) is 0 Å². The van der Waals surface area contributed by atoms with Crippen LogP contribution in [0.25, 0.3) is 10.9 Å². The van der Waals surface area contributed by atoms with Crippen LogP contribution in [0, 0.1) is 0 Å². The van der Waals surface area contributed by atoms with Gasteiger partial charge in [-0.15, -0.1) is 0 Å². The molecule has 0 fully saturated rings. The predicted octanol–water partition coefficient (Wildman–Crippen LogP) is 7.25. The zero-order valence-electron chi connectivity index (χ0n) is 18.1. The van der Waals surface area contributed by atoms with Crippen molar-refractivity contribution >= 4 is 28.6 Å². The highest BCUT2D eigenvalue weighted by Gasteiger charge is 2.33. The fourth-order valence-electron chi connectivity index (χ4n) is 4.41. The Kier molecular flexibility index (Phi) is 5.77. The van der Waals surface area contributed by atoms with Crippen LogP contribution in [0.4, 0.5) is 0 Å². The Morgan fingerprint density at radius 1 is 0.500 bits per heavy atom. The molecule has 0 saturated heterocycles. The molecule has 0 aromatic heterocycles. The summed E-state index contributed by atoms with van der Waals surface area (Å²) in [5.41, 5.74) is 4.80. The lowest BCUT2D eigenvalue weighted by Crippen LogP contribution is -2.18. The van der Waals surface area contributed by atoms with Gasteiger partial charge in [-0.1, -0.05) is 121 Å². The van der Waals surface area contributed by atoms with Crippen molar-refractivity contribution in [2.24, 2.45) is 0 Å². The molecule has 32 heavy (non-hydrogen) atoms. The van der Waals surface area contributed by atoms with Gasteiger partial charge in [-0.3, -0.25) is 0 Å². The lowest BCUT2D eigenvalue weighted by Gasteiger charge is -2.35. The van der Waals surface area contributed by atoms with E-state index in [0.29, 0.717) is 0 Å². The van der Waals surface area contributed by atoms with E-state index in [2.05, 4.69) is 133 Å². The van der Waals surface area contributed by atoms with Crippen LogP contribution in [0.5, 0.6) is 0 Å². The van der Waals surface area contributed by atoms with Crippen molar-refractivity contribution in [3.05, 3.63) is 150 Å². The van der Waals surface area contributed by atoms with Gasteiger partial charge < -0.3 is 4.52 Å². The molecule has 4 aromatic carbocycles. The molecule has 156 valence electrons. The Morgan fingerprint density at radius 2 is 0.969 bits per heavy atom. The third-order valence-corrected chi connectivity index (χ3v) is 9.61. The number of hydrogen-bond acceptors (Lipinski definition) is 1. The fourth-order valence-corrected chi connectivity index (χ4v) is 8.09. The highest BCUT2D eigenvalue weighted by Crippen LogP contribution is 2.64. The van der Waals surface area contributed by atoms with Crippen LogP contribution in [0.1, 0.15) is 16.7 Å². The van der Waals surface area contributed by atoms with Gasteiger partial charge in [-0.25, -0.2) is 0 Å². The monoisotopic (exact) mass is 432 g/mol. The minimum Gasteiger partial charge on any atom is -0.355 e. The molecule has 1 unspecified atom stereocenters. The minimum absolute atomic E-state index is 1.20. The molecule has 0 spiro atoms. The topological polar surface area (TPSA) is 9.23 Å². The van der Waals surface area contributed by atoms with E-state index in [-0.39, 0.29) is 0 Å². The van der Waals surface area contributed by atoms with E-state index in [1.165, 1.54) is 38.2 Å². The predicted molar refractivity (Wildman–Crippen MR) is 139 cm³/mol. The van der Waals surface area contributed by atoms with Crippen LogP contribution in [-0.2, 0) is 4.52 Å². The van der Waals surface area contributed by atoms with Crippen molar-refractivity contribution in [2.75, 3.05) is 7.11 Å². The molecular formula is C30H25OP. The number of benzene rings is 4. The van der Waals surface area contributed by atoms with Gasteiger partial charge in [0, 0.05) is 23.0 Å². The Balaban J connectivity index is 1.93. The number of rotatable bonds is 5. The third-order valence-electron chi connectivity index (χ3n) is 5.90. The molecule has 0 aliphatic carbocycles. The van der Waals surface area contributed by atoms with E-state index in [9.17, 15) is 0 Å². The van der Waals surface area contributed by atoms with Crippen molar-refractivity contribution in [1.82, 2.24) is 0 Å². The molecule has 1 atom stereocenters. The van der Waals surface area contributed by atoms with E-state index in [1.807, 2.05) is 7.11 Å². The van der Waals surface area contributed by atoms with Crippen LogP contribution in [0.15, 0.2) is 133 Å². The summed E-state index contributed by atoms with van der Waals surface area (Å²) in [6.45, 7) is 0. The average Bonchev–Trinajstić information content (AvgIpc) is 2.90. The summed E-state index contributed by atoms with van der Waals surface area (Å²) >= 11 is 0. The van der Waals surface area contributed by atoms with Crippen molar-refractivity contribution in [1.29, 1.82) is 0 Å². The molecule has 4 aromatic rings. The summed E-state index contributed by atoms with van der Waals surface area (Å²) in [6, 6.07) is 42.6. The molecule has 0 N–H and O–H groups in total. The summed E-state index contributed by atoms with van der Waals surface area (Å²) in [6.07, 6.45) is 4.67. The number of allylic oxidation sites excluding steroid dienone is 3. The lowest BCUT2D eigenvalue weighted by molar-refractivity contribution is 0.471. The second-order valence-corrected chi connectivity index (χ2v) is 10.8. The quantitative estimate of drug-likeness (QED) is 0.302. The second kappa shape index (κ2) is 9.01. The normalized spacial score (nSPS) is 18.1. The maximum atomic E-state index is 6.64. The smallest absolute Gasteiger partial charge is 0.0712 e. The van der Waals surface area contributed by atoms with E-state index < -0.39 is 7.11 Å². The first-order valence-electron chi connectivity index (χ1n) is 10.8. The van der Waals surface area contributed by atoms with Gasteiger partial charge in [0.25, 0.3) is 0 Å². The maximum absolute atomic E-state index is 6.64. The van der Waals surface area contributed by atoms with Gasteiger partial charge in [0.15, 0.2) is 0 Å². The maximum Gasteiger partial charge on any atom is 0.0712 e. The van der Waals surface area contributed by atoms with Crippen LogP contribution in [0.2, 0.25) is 0 Å². The van der Waals surface area contributed by atoms with Gasteiger partial charge in [0.2, 0.25) is 0 Å². The summed E-state index contributed by atoms with van der Waals surface area (Å²) < 4.78 is 6.64. The van der Waals surface area contributed by atoms with Crippen LogP contribution >= 0.6 is 7.11 Å². The van der Waals surface area contributed by atoms with Crippen molar-refractivity contribution in [3.63, 3.8) is 0 Å². The lowest BCUT2D eigenvalue weighted by atomic mass is 10.0. The highest BCUT2D eigenvalue weighted by atomic mass is 31.2. The van der Waals surface area contributed by atoms with Gasteiger partial charge in [0.1, 0.15) is 0 Å². The Morgan fingerprint density at radius 3 is 1.50 bits per heavy atom. The van der Waals surface area contributed by atoms with E-state index >= 15 is 0 Å². The SMILES string of the molecule is COP1(c2ccccc2)=C(c2ccccc2)C=C(c2ccccc2)C=C1c1ccccc1. The molecular weight excluding hydrogens is 407 g/mol. The molecule has 1 nitrogen and oxygen atoms in total. The summed E-state index contributed by atoms with van der Waals surface area (Å²) in [5.74, 6) is 0. The first kappa shape index (κ1) is 20.5. The van der Waals surface area contributed by atoms with E-state index in [0.717, 1.165) is 0 Å². The standard InChI is InChI=1S/C30H25OP/c1-31-32(28-20-12-5-13-21-28)29(25-16-8-3-9-17-25)22-27(24-14-6-2-7-15-24)23-30(32)26-18-10-4-11-19-26/h2-23H,1H3. The highest BCUT2D eigenvalue weighted by molar-refractivity contribution is 7.88. The third kappa shape index (κ3) is 3.60. The molecule has 0 amide bonds. The van der Waals surface area contributed by atoms with E-state index in [1.54, 1.807) is 0 Å². The average molecular weight is 433 g/mol.